The van der Waals surface area contributed by atoms with Crippen LogP contribution >= 0.6 is 15.9 Å². The van der Waals surface area contributed by atoms with Gasteiger partial charge in [0, 0.05) is 11.0 Å². The Morgan fingerprint density at radius 1 is 1.00 bits per heavy atom. The molecule has 1 atom stereocenters. The number of halogens is 1. The zero-order valence-electron chi connectivity index (χ0n) is 13.4. The maximum atomic E-state index is 10.4. The van der Waals surface area contributed by atoms with Gasteiger partial charge in [-0.05, 0) is 61.5 Å². The minimum absolute atomic E-state index is 0.288. The van der Waals surface area contributed by atoms with E-state index < -0.39 is 0 Å². The standard InChI is InChI=1S/C20H24BrNO/c21-19-8-6-16(7-9-19)14-20(23)15-22-12-10-18(11-13-22)17-4-2-1-3-5-17/h1-9,18,20,23H,10-15H2/t20-/m1/s1. The number of nitrogens with zero attached hydrogens (tertiary/aromatic N) is 1. The second-order valence-corrected chi connectivity index (χ2v) is 7.39. The van der Waals surface area contributed by atoms with E-state index in [1.165, 1.54) is 24.0 Å². The first-order valence-corrected chi connectivity index (χ1v) is 9.20. The number of piperidine rings is 1. The molecular formula is C20H24BrNO. The molecule has 2 aromatic rings. The highest BCUT2D eigenvalue weighted by atomic mass is 79.9. The molecule has 1 N–H and O–H groups in total. The summed E-state index contributed by atoms with van der Waals surface area (Å²) in [4.78, 5) is 2.41. The van der Waals surface area contributed by atoms with Crippen LogP contribution in [0.4, 0.5) is 0 Å². The molecule has 1 fully saturated rings. The number of hydrogen-bond donors (Lipinski definition) is 1. The van der Waals surface area contributed by atoms with Crippen LogP contribution in [0, 0.1) is 0 Å². The van der Waals surface area contributed by atoms with Gasteiger partial charge in [-0.25, -0.2) is 0 Å². The number of benzene rings is 2. The van der Waals surface area contributed by atoms with E-state index in [2.05, 4.69) is 63.3 Å². The predicted molar refractivity (Wildman–Crippen MR) is 98.7 cm³/mol. The monoisotopic (exact) mass is 373 g/mol. The van der Waals surface area contributed by atoms with Crippen molar-refractivity contribution < 1.29 is 5.11 Å². The van der Waals surface area contributed by atoms with Crippen molar-refractivity contribution in [3.8, 4) is 0 Å². The van der Waals surface area contributed by atoms with Crippen molar-refractivity contribution in [2.75, 3.05) is 19.6 Å². The number of hydrogen-bond acceptors (Lipinski definition) is 2. The zero-order valence-corrected chi connectivity index (χ0v) is 15.0. The van der Waals surface area contributed by atoms with Crippen molar-refractivity contribution in [3.63, 3.8) is 0 Å². The average Bonchev–Trinajstić information content (AvgIpc) is 2.58. The highest BCUT2D eigenvalue weighted by Gasteiger charge is 2.22. The summed E-state index contributed by atoms with van der Waals surface area (Å²) in [6.07, 6.45) is 2.82. The van der Waals surface area contributed by atoms with Crippen molar-refractivity contribution in [3.05, 3.63) is 70.2 Å². The van der Waals surface area contributed by atoms with Gasteiger partial charge >= 0.3 is 0 Å². The van der Waals surface area contributed by atoms with E-state index in [0.29, 0.717) is 5.92 Å². The van der Waals surface area contributed by atoms with Crippen LogP contribution in [-0.4, -0.2) is 35.7 Å². The van der Waals surface area contributed by atoms with Gasteiger partial charge in [-0.3, -0.25) is 0 Å². The maximum absolute atomic E-state index is 10.4. The van der Waals surface area contributed by atoms with Crippen LogP contribution < -0.4 is 0 Å². The van der Waals surface area contributed by atoms with Gasteiger partial charge in [0.2, 0.25) is 0 Å². The van der Waals surface area contributed by atoms with Crippen molar-refractivity contribution >= 4 is 15.9 Å². The molecule has 0 unspecified atom stereocenters. The van der Waals surface area contributed by atoms with Gasteiger partial charge in [0.15, 0.2) is 0 Å². The molecule has 2 aromatic carbocycles. The fourth-order valence-corrected chi connectivity index (χ4v) is 3.69. The van der Waals surface area contributed by atoms with E-state index in [0.717, 1.165) is 30.5 Å². The third kappa shape index (κ3) is 4.90. The summed E-state index contributed by atoms with van der Waals surface area (Å²) in [6, 6.07) is 19.0. The lowest BCUT2D eigenvalue weighted by Crippen LogP contribution is -2.39. The highest BCUT2D eigenvalue weighted by Crippen LogP contribution is 2.27. The summed E-state index contributed by atoms with van der Waals surface area (Å²) < 4.78 is 1.08. The molecule has 0 aliphatic carbocycles. The number of rotatable bonds is 5. The average molecular weight is 374 g/mol. The Labute approximate surface area is 147 Å². The molecule has 0 spiro atoms. The molecular weight excluding hydrogens is 350 g/mol. The summed E-state index contributed by atoms with van der Waals surface area (Å²) in [6.45, 7) is 2.94. The van der Waals surface area contributed by atoms with Gasteiger partial charge in [0.25, 0.3) is 0 Å². The predicted octanol–water partition coefficient (Wildman–Crippen LogP) is 4.23. The van der Waals surface area contributed by atoms with Crippen LogP contribution in [0.15, 0.2) is 59.1 Å². The number of likely N-dealkylation sites (tertiary alicyclic amines) is 1. The fourth-order valence-electron chi connectivity index (χ4n) is 3.43. The first-order valence-electron chi connectivity index (χ1n) is 8.40. The molecule has 0 amide bonds. The number of aliphatic hydroxyl groups is 1. The Bertz CT molecular complexity index is 591. The van der Waals surface area contributed by atoms with Crippen LogP contribution in [0.3, 0.4) is 0 Å². The largest absolute Gasteiger partial charge is 0.391 e. The molecule has 0 saturated carbocycles. The molecule has 0 radical (unpaired) electrons. The molecule has 23 heavy (non-hydrogen) atoms. The topological polar surface area (TPSA) is 23.5 Å². The molecule has 1 aliphatic heterocycles. The van der Waals surface area contributed by atoms with Gasteiger partial charge in [-0.2, -0.15) is 0 Å². The van der Waals surface area contributed by atoms with Crippen molar-refractivity contribution in [2.45, 2.75) is 31.3 Å². The van der Waals surface area contributed by atoms with E-state index in [9.17, 15) is 5.11 Å². The van der Waals surface area contributed by atoms with Crippen LogP contribution in [0.25, 0.3) is 0 Å². The smallest absolute Gasteiger partial charge is 0.0707 e. The second kappa shape index (κ2) is 8.09. The SMILES string of the molecule is O[C@H](Cc1ccc(Br)cc1)CN1CCC(c2ccccc2)CC1. The lowest BCUT2D eigenvalue weighted by atomic mass is 9.89. The normalized spacial score (nSPS) is 18.0. The Balaban J connectivity index is 1.46. The van der Waals surface area contributed by atoms with E-state index in [1.807, 2.05) is 12.1 Å². The van der Waals surface area contributed by atoms with E-state index in [1.54, 1.807) is 0 Å². The zero-order chi connectivity index (χ0) is 16.1. The minimum atomic E-state index is -0.288. The van der Waals surface area contributed by atoms with Gasteiger partial charge in [0.1, 0.15) is 0 Å². The quantitative estimate of drug-likeness (QED) is 0.847. The Morgan fingerprint density at radius 3 is 2.30 bits per heavy atom. The maximum Gasteiger partial charge on any atom is 0.0707 e. The molecule has 122 valence electrons. The molecule has 0 aromatic heterocycles. The minimum Gasteiger partial charge on any atom is -0.391 e. The highest BCUT2D eigenvalue weighted by molar-refractivity contribution is 9.10. The van der Waals surface area contributed by atoms with Gasteiger partial charge in [-0.15, -0.1) is 0 Å². The summed E-state index contributed by atoms with van der Waals surface area (Å²) in [5.74, 6) is 0.677. The van der Waals surface area contributed by atoms with Crippen LogP contribution in [0.1, 0.15) is 29.9 Å². The summed E-state index contributed by atoms with van der Waals surface area (Å²) >= 11 is 3.45. The van der Waals surface area contributed by atoms with Crippen LogP contribution in [-0.2, 0) is 6.42 Å². The Hall–Kier alpha value is -1.16. The van der Waals surface area contributed by atoms with Gasteiger partial charge in [0.05, 0.1) is 6.10 Å². The van der Waals surface area contributed by atoms with E-state index in [-0.39, 0.29) is 6.10 Å². The summed E-state index contributed by atoms with van der Waals surface area (Å²) in [7, 11) is 0. The molecule has 2 nitrogen and oxygen atoms in total. The van der Waals surface area contributed by atoms with Gasteiger partial charge in [-0.1, -0.05) is 58.4 Å². The third-order valence-electron chi connectivity index (χ3n) is 4.71. The molecule has 3 rings (SSSR count). The van der Waals surface area contributed by atoms with E-state index >= 15 is 0 Å². The van der Waals surface area contributed by atoms with Crippen LogP contribution in [0.2, 0.25) is 0 Å². The van der Waals surface area contributed by atoms with Crippen LogP contribution in [0.5, 0.6) is 0 Å². The molecule has 1 saturated heterocycles. The lowest BCUT2D eigenvalue weighted by Gasteiger charge is -2.33. The first-order chi connectivity index (χ1) is 11.2. The van der Waals surface area contributed by atoms with Gasteiger partial charge < -0.3 is 10.0 Å². The third-order valence-corrected chi connectivity index (χ3v) is 5.24. The van der Waals surface area contributed by atoms with Crippen molar-refractivity contribution in [2.24, 2.45) is 0 Å². The first kappa shape index (κ1) is 16.7. The van der Waals surface area contributed by atoms with Crippen molar-refractivity contribution in [1.82, 2.24) is 4.90 Å². The summed E-state index contributed by atoms with van der Waals surface area (Å²) in [5, 5.41) is 10.4. The fraction of sp³-hybridized carbons (Fsp3) is 0.400. The Morgan fingerprint density at radius 2 is 1.65 bits per heavy atom. The lowest BCUT2D eigenvalue weighted by molar-refractivity contribution is 0.0972. The molecule has 1 heterocycles. The Kier molecular flexibility index (Phi) is 5.87. The molecule has 1 aliphatic rings. The number of β-amino-alcohol motifs (C(OH)–C–C–N with tert-alkyl or cyclic N) is 1. The van der Waals surface area contributed by atoms with E-state index in [4.69, 9.17) is 0 Å². The van der Waals surface area contributed by atoms with Crippen molar-refractivity contribution in [1.29, 1.82) is 0 Å². The second-order valence-electron chi connectivity index (χ2n) is 6.47. The molecule has 0 bridgehead atoms. The number of aliphatic hydroxyl groups excluding tert-OH is 1. The summed E-state index contributed by atoms with van der Waals surface area (Å²) in [5.41, 5.74) is 2.66. The molecule has 3 heteroatoms.